The zero-order chi connectivity index (χ0) is 15.0. The highest BCUT2D eigenvalue weighted by Gasteiger charge is 2.32. The zero-order valence-corrected chi connectivity index (χ0v) is 12.6. The second kappa shape index (κ2) is 5.74. The smallest absolute Gasteiger partial charge is 0.152 e. The third-order valence-corrected chi connectivity index (χ3v) is 4.24. The maximum atomic E-state index is 13.1. The van der Waals surface area contributed by atoms with Gasteiger partial charge in [0.1, 0.15) is 5.82 Å². The van der Waals surface area contributed by atoms with E-state index in [-0.39, 0.29) is 27.7 Å². The molecule has 0 aromatic heterocycles. The van der Waals surface area contributed by atoms with E-state index in [1.165, 1.54) is 12.1 Å². The molecule has 0 aliphatic heterocycles. The summed E-state index contributed by atoms with van der Waals surface area (Å²) in [6.07, 6.45) is 2.27. The number of benzene rings is 2. The summed E-state index contributed by atoms with van der Waals surface area (Å²) in [6.45, 7) is 0. The summed E-state index contributed by atoms with van der Waals surface area (Å²) in [5, 5.41) is 13.4. The second-order valence-electron chi connectivity index (χ2n) is 5.30. The fraction of sp³-hybridized carbons (Fsp3) is 0.250. The second-order valence-corrected chi connectivity index (χ2v) is 6.11. The SMILES string of the molecule is Oc1c(Cl)cc(NC(c2ccc(F)cc2)C2CC2)cc1Cl. The molecule has 0 heterocycles. The van der Waals surface area contributed by atoms with Crippen molar-refractivity contribution < 1.29 is 9.50 Å². The molecule has 1 unspecified atom stereocenters. The summed E-state index contributed by atoms with van der Waals surface area (Å²) in [5.41, 5.74) is 1.77. The third-order valence-electron chi connectivity index (χ3n) is 3.66. The highest BCUT2D eigenvalue weighted by Crippen LogP contribution is 2.44. The number of halogens is 3. The lowest BCUT2D eigenvalue weighted by atomic mass is 10.0. The van der Waals surface area contributed by atoms with Crippen molar-refractivity contribution in [2.75, 3.05) is 5.32 Å². The molecule has 1 atom stereocenters. The minimum absolute atomic E-state index is 0.0854. The Morgan fingerprint density at radius 1 is 1.10 bits per heavy atom. The van der Waals surface area contributed by atoms with Crippen LogP contribution >= 0.6 is 23.2 Å². The Morgan fingerprint density at radius 2 is 1.67 bits per heavy atom. The molecular weight excluding hydrogens is 312 g/mol. The van der Waals surface area contributed by atoms with Gasteiger partial charge >= 0.3 is 0 Å². The Labute approximate surface area is 132 Å². The van der Waals surface area contributed by atoms with Crippen LogP contribution in [0.25, 0.3) is 0 Å². The molecule has 0 amide bonds. The topological polar surface area (TPSA) is 32.3 Å². The average molecular weight is 326 g/mol. The fourth-order valence-electron chi connectivity index (χ4n) is 2.40. The molecule has 110 valence electrons. The number of phenolic OH excluding ortho intramolecular Hbond substituents is 1. The molecule has 2 aromatic rings. The van der Waals surface area contributed by atoms with Crippen LogP contribution in [0.15, 0.2) is 36.4 Å². The normalized spacial score (nSPS) is 15.8. The van der Waals surface area contributed by atoms with Crippen molar-refractivity contribution in [3.8, 4) is 5.75 Å². The van der Waals surface area contributed by atoms with Crippen LogP contribution in [-0.2, 0) is 0 Å². The first-order valence-electron chi connectivity index (χ1n) is 6.74. The van der Waals surface area contributed by atoms with Crippen molar-refractivity contribution in [2.45, 2.75) is 18.9 Å². The van der Waals surface area contributed by atoms with Gasteiger partial charge in [0.2, 0.25) is 0 Å². The van der Waals surface area contributed by atoms with E-state index < -0.39 is 0 Å². The molecule has 1 aliphatic carbocycles. The van der Waals surface area contributed by atoms with Gasteiger partial charge in [-0.05, 0) is 48.6 Å². The molecule has 1 aliphatic rings. The van der Waals surface area contributed by atoms with Crippen molar-refractivity contribution in [3.63, 3.8) is 0 Å². The van der Waals surface area contributed by atoms with Crippen LogP contribution in [0.4, 0.5) is 10.1 Å². The van der Waals surface area contributed by atoms with Gasteiger partial charge in [0.05, 0.1) is 16.1 Å². The van der Waals surface area contributed by atoms with Gasteiger partial charge in [-0.15, -0.1) is 0 Å². The Balaban J connectivity index is 1.87. The minimum atomic E-state index is -0.246. The van der Waals surface area contributed by atoms with E-state index in [4.69, 9.17) is 23.2 Å². The first kappa shape index (κ1) is 14.5. The van der Waals surface area contributed by atoms with Crippen LogP contribution < -0.4 is 5.32 Å². The van der Waals surface area contributed by atoms with Crippen LogP contribution in [0.5, 0.6) is 5.75 Å². The van der Waals surface area contributed by atoms with Crippen molar-refractivity contribution in [1.29, 1.82) is 0 Å². The van der Waals surface area contributed by atoms with Crippen molar-refractivity contribution in [1.82, 2.24) is 0 Å². The third kappa shape index (κ3) is 3.25. The fourth-order valence-corrected chi connectivity index (χ4v) is 2.89. The number of rotatable bonds is 4. The number of phenols is 1. The van der Waals surface area contributed by atoms with Crippen LogP contribution in [0.2, 0.25) is 10.0 Å². The van der Waals surface area contributed by atoms with Crippen LogP contribution in [0.3, 0.4) is 0 Å². The van der Waals surface area contributed by atoms with Gasteiger partial charge in [-0.2, -0.15) is 0 Å². The van der Waals surface area contributed by atoms with E-state index in [2.05, 4.69) is 5.32 Å². The first-order valence-corrected chi connectivity index (χ1v) is 7.50. The monoisotopic (exact) mass is 325 g/mol. The lowest BCUT2D eigenvalue weighted by molar-refractivity contribution is 0.476. The van der Waals surface area contributed by atoms with E-state index in [0.29, 0.717) is 5.92 Å². The van der Waals surface area contributed by atoms with Crippen LogP contribution in [-0.4, -0.2) is 5.11 Å². The zero-order valence-electron chi connectivity index (χ0n) is 11.1. The van der Waals surface area contributed by atoms with Crippen molar-refractivity contribution in [3.05, 3.63) is 57.8 Å². The molecule has 2 nitrogen and oxygen atoms in total. The highest BCUT2D eigenvalue weighted by atomic mass is 35.5. The standard InChI is InChI=1S/C16H14Cl2FNO/c17-13-7-12(8-14(18)16(13)21)20-15(9-1-2-9)10-3-5-11(19)6-4-10/h3-9,15,20-21H,1-2H2. The highest BCUT2D eigenvalue weighted by molar-refractivity contribution is 6.37. The summed E-state index contributed by atoms with van der Waals surface area (Å²) in [5.74, 6) is 0.152. The molecule has 1 saturated carbocycles. The van der Waals surface area contributed by atoms with E-state index in [1.54, 1.807) is 24.3 Å². The van der Waals surface area contributed by atoms with E-state index in [1.807, 2.05) is 0 Å². The Hall–Kier alpha value is -1.45. The molecule has 1 fully saturated rings. The molecule has 0 radical (unpaired) electrons. The van der Waals surface area contributed by atoms with Crippen LogP contribution in [0, 0.1) is 11.7 Å². The van der Waals surface area contributed by atoms with Crippen LogP contribution in [0.1, 0.15) is 24.4 Å². The molecular formula is C16H14Cl2FNO. The van der Waals surface area contributed by atoms with Gasteiger partial charge in [-0.3, -0.25) is 0 Å². The Morgan fingerprint density at radius 3 is 2.19 bits per heavy atom. The largest absolute Gasteiger partial charge is 0.505 e. The quantitative estimate of drug-likeness (QED) is 0.737. The summed E-state index contributed by atoms with van der Waals surface area (Å²) in [4.78, 5) is 0. The number of hydrogen-bond donors (Lipinski definition) is 2. The molecule has 3 rings (SSSR count). The summed E-state index contributed by atoms with van der Waals surface area (Å²) in [7, 11) is 0. The number of nitrogens with one attached hydrogen (secondary N) is 1. The Bertz CT molecular complexity index is 633. The first-order chi connectivity index (χ1) is 10.0. The number of aromatic hydroxyl groups is 1. The van der Waals surface area contributed by atoms with Crippen molar-refractivity contribution >= 4 is 28.9 Å². The van der Waals surface area contributed by atoms with Gasteiger partial charge in [0.15, 0.2) is 5.75 Å². The molecule has 2 N–H and O–H groups in total. The average Bonchev–Trinajstić information content (AvgIpc) is 3.28. The van der Waals surface area contributed by atoms with Gasteiger partial charge in [0.25, 0.3) is 0 Å². The molecule has 5 heteroatoms. The van der Waals surface area contributed by atoms with Crippen molar-refractivity contribution in [2.24, 2.45) is 5.92 Å². The molecule has 0 bridgehead atoms. The number of anilines is 1. The molecule has 0 saturated heterocycles. The minimum Gasteiger partial charge on any atom is -0.505 e. The maximum Gasteiger partial charge on any atom is 0.152 e. The molecule has 2 aromatic carbocycles. The lowest BCUT2D eigenvalue weighted by Crippen LogP contribution is -2.13. The van der Waals surface area contributed by atoms with Gasteiger partial charge in [-0.1, -0.05) is 35.3 Å². The maximum absolute atomic E-state index is 13.1. The summed E-state index contributed by atoms with van der Waals surface area (Å²) >= 11 is 11.9. The predicted octanol–water partition coefficient (Wildman–Crippen LogP) is 5.40. The van der Waals surface area contributed by atoms with E-state index in [0.717, 1.165) is 24.1 Å². The van der Waals surface area contributed by atoms with E-state index >= 15 is 0 Å². The van der Waals surface area contributed by atoms with E-state index in [9.17, 15) is 9.50 Å². The van der Waals surface area contributed by atoms with Gasteiger partial charge in [0, 0.05) is 5.69 Å². The lowest BCUT2D eigenvalue weighted by Gasteiger charge is -2.21. The number of hydrogen-bond acceptors (Lipinski definition) is 2. The Kier molecular flexibility index (Phi) is 3.96. The van der Waals surface area contributed by atoms with Gasteiger partial charge in [-0.25, -0.2) is 4.39 Å². The molecule has 0 spiro atoms. The predicted molar refractivity (Wildman–Crippen MR) is 83.6 cm³/mol. The molecule has 21 heavy (non-hydrogen) atoms. The summed E-state index contributed by atoms with van der Waals surface area (Å²) < 4.78 is 13.1. The summed E-state index contributed by atoms with van der Waals surface area (Å²) in [6, 6.07) is 9.86. The van der Waals surface area contributed by atoms with Gasteiger partial charge < -0.3 is 10.4 Å².